The molecule has 0 saturated heterocycles. The lowest BCUT2D eigenvalue weighted by atomic mass is 10.2. The van der Waals surface area contributed by atoms with Gasteiger partial charge in [-0.3, -0.25) is 0 Å². The Kier molecular flexibility index (Phi) is 6.48. The summed E-state index contributed by atoms with van der Waals surface area (Å²) in [6.07, 6.45) is 0. The standard InChI is InChI=1S/C14H23NO2/c1-4-15-10-12(3)11-17-14-9-7-6-8-13(14)16-5-2/h6-9,12,15H,4-5,10-11H2,1-3H3. The van der Waals surface area contributed by atoms with E-state index in [0.717, 1.165) is 24.6 Å². The number of ether oxygens (including phenoxy) is 2. The molecule has 1 unspecified atom stereocenters. The van der Waals surface area contributed by atoms with Gasteiger partial charge in [0.2, 0.25) is 0 Å². The van der Waals surface area contributed by atoms with E-state index in [4.69, 9.17) is 9.47 Å². The average molecular weight is 237 g/mol. The third-order valence-electron chi connectivity index (χ3n) is 2.42. The first kappa shape index (κ1) is 13.8. The number of para-hydroxylation sites is 2. The molecule has 0 aromatic heterocycles. The van der Waals surface area contributed by atoms with E-state index in [1.807, 2.05) is 31.2 Å². The average Bonchev–Trinajstić information content (AvgIpc) is 2.35. The number of benzene rings is 1. The summed E-state index contributed by atoms with van der Waals surface area (Å²) in [6, 6.07) is 7.81. The molecule has 0 fully saturated rings. The molecule has 1 N–H and O–H groups in total. The van der Waals surface area contributed by atoms with Crippen LogP contribution in [0.15, 0.2) is 24.3 Å². The van der Waals surface area contributed by atoms with Gasteiger partial charge >= 0.3 is 0 Å². The van der Waals surface area contributed by atoms with Crippen LogP contribution in [0.2, 0.25) is 0 Å². The molecular weight excluding hydrogens is 214 g/mol. The number of nitrogens with one attached hydrogen (secondary N) is 1. The van der Waals surface area contributed by atoms with Crippen molar-refractivity contribution in [2.45, 2.75) is 20.8 Å². The number of rotatable bonds is 8. The molecule has 0 radical (unpaired) electrons. The van der Waals surface area contributed by atoms with Crippen LogP contribution in [0.4, 0.5) is 0 Å². The zero-order valence-electron chi connectivity index (χ0n) is 11.0. The smallest absolute Gasteiger partial charge is 0.161 e. The van der Waals surface area contributed by atoms with E-state index in [2.05, 4.69) is 19.2 Å². The maximum atomic E-state index is 5.78. The first-order valence-corrected chi connectivity index (χ1v) is 6.33. The van der Waals surface area contributed by atoms with Gasteiger partial charge in [0.05, 0.1) is 13.2 Å². The van der Waals surface area contributed by atoms with Crippen molar-refractivity contribution in [3.63, 3.8) is 0 Å². The predicted octanol–water partition coefficient (Wildman–Crippen LogP) is 2.71. The van der Waals surface area contributed by atoms with Crippen molar-refractivity contribution in [3.8, 4) is 11.5 Å². The highest BCUT2D eigenvalue weighted by atomic mass is 16.5. The molecule has 96 valence electrons. The van der Waals surface area contributed by atoms with Gasteiger partial charge in [-0.1, -0.05) is 26.0 Å². The first-order chi connectivity index (χ1) is 8.27. The number of hydrogen-bond donors (Lipinski definition) is 1. The highest BCUT2D eigenvalue weighted by Crippen LogP contribution is 2.26. The second-order valence-corrected chi connectivity index (χ2v) is 4.10. The fraction of sp³-hybridized carbons (Fsp3) is 0.571. The monoisotopic (exact) mass is 237 g/mol. The van der Waals surface area contributed by atoms with Crippen molar-refractivity contribution in [2.24, 2.45) is 5.92 Å². The SMILES string of the molecule is CCNCC(C)COc1ccccc1OCC. The molecule has 3 heteroatoms. The second kappa shape index (κ2) is 7.96. The van der Waals surface area contributed by atoms with Crippen molar-refractivity contribution < 1.29 is 9.47 Å². The summed E-state index contributed by atoms with van der Waals surface area (Å²) in [7, 11) is 0. The number of hydrogen-bond acceptors (Lipinski definition) is 3. The van der Waals surface area contributed by atoms with Crippen LogP contribution in [0.25, 0.3) is 0 Å². The molecule has 1 atom stereocenters. The first-order valence-electron chi connectivity index (χ1n) is 6.33. The molecule has 1 aromatic carbocycles. The maximum absolute atomic E-state index is 5.78. The third-order valence-corrected chi connectivity index (χ3v) is 2.42. The summed E-state index contributed by atoms with van der Waals surface area (Å²) in [5, 5.41) is 3.31. The van der Waals surface area contributed by atoms with E-state index in [9.17, 15) is 0 Å². The Balaban J connectivity index is 2.44. The van der Waals surface area contributed by atoms with Crippen LogP contribution < -0.4 is 14.8 Å². The largest absolute Gasteiger partial charge is 0.490 e. The molecule has 1 aromatic rings. The lowest BCUT2D eigenvalue weighted by Crippen LogP contribution is -2.24. The van der Waals surface area contributed by atoms with Gasteiger partial charge in [0, 0.05) is 12.5 Å². The molecule has 17 heavy (non-hydrogen) atoms. The van der Waals surface area contributed by atoms with Crippen molar-refractivity contribution in [3.05, 3.63) is 24.3 Å². The van der Waals surface area contributed by atoms with Crippen LogP contribution in [0, 0.1) is 5.92 Å². The summed E-state index contributed by atoms with van der Waals surface area (Å²) in [5.74, 6) is 2.15. The Hall–Kier alpha value is -1.22. The van der Waals surface area contributed by atoms with Crippen molar-refractivity contribution >= 4 is 0 Å². The Labute approximate surface area is 104 Å². The molecule has 0 aliphatic rings. The van der Waals surface area contributed by atoms with Crippen LogP contribution in [-0.4, -0.2) is 26.3 Å². The lowest BCUT2D eigenvalue weighted by molar-refractivity contribution is 0.238. The molecule has 0 aliphatic heterocycles. The highest BCUT2D eigenvalue weighted by Gasteiger charge is 2.06. The quantitative estimate of drug-likeness (QED) is 0.754. The summed E-state index contributed by atoms with van der Waals surface area (Å²) < 4.78 is 11.3. The molecule has 0 spiro atoms. The van der Waals surface area contributed by atoms with Crippen molar-refractivity contribution in [1.29, 1.82) is 0 Å². The Morgan fingerprint density at radius 1 is 1.12 bits per heavy atom. The van der Waals surface area contributed by atoms with Gasteiger partial charge in [0.25, 0.3) is 0 Å². The van der Waals surface area contributed by atoms with Crippen LogP contribution in [0.1, 0.15) is 20.8 Å². The van der Waals surface area contributed by atoms with Gasteiger partial charge in [0.1, 0.15) is 0 Å². The van der Waals surface area contributed by atoms with E-state index >= 15 is 0 Å². The van der Waals surface area contributed by atoms with Gasteiger partial charge in [-0.25, -0.2) is 0 Å². The van der Waals surface area contributed by atoms with Gasteiger partial charge in [-0.2, -0.15) is 0 Å². The zero-order chi connectivity index (χ0) is 12.5. The molecule has 1 rings (SSSR count). The van der Waals surface area contributed by atoms with Gasteiger partial charge in [0.15, 0.2) is 11.5 Å². The molecule has 0 aliphatic carbocycles. The summed E-state index contributed by atoms with van der Waals surface area (Å²) >= 11 is 0. The highest BCUT2D eigenvalue weighted by molar-refractivity contribution is 5.39. The summed E-state index contributed by atoms with van der Waals surface area (Å²) in [6.45, 7) is 9.60. The van der Waals surface area contributed by atoms with Crippen LogP contribution in [0.5, 0.6) is 11.5 Å². The Morgan fingerprint density at radius 2 is 1.76 bits per heavy atom. The van der Waals surface area contributed by atoms with Crippen LogP contribution in [-0.2, 0) is 0 Å². The van der Waals surface area contributed by atoms with E-state index in [0.29, 0.717) is 19.1 Å². The minimum absolute atomic E-state index is 0.490. The Bertz CT molecular complexity index is 315. The minimum Gasteiger partial charge on any atom is -0.490 e. The Morgan fingerprint density at radius 3 is 2.35 bits per heavy atom. The molecule has 0 saturated carbocycles. The predicted molar refractivity (Wildman–Crippen MR) is 70.8 cm³/mol. The van der Waals surface area contributed by atoms with E-state index < -0.39 is 0 Å². The van der Waals surface area contributed by atoms with E-state index in [1.165, 1.54) is 0 Å². The van der Waals surface area contributed by atoms with E-state index in [1.54, 1.807) is 0 Å². The van der Waals surface area contributed by atoms with Crippen molar-refractivity contribution in [2.75, 3.05) is 26.3 Å². The minimum atomic E-state index is 0.490. The maximum Gasteiger partial charge on any atom is 0.161 e. The summed E-state index contributed by atoms with van der Waals surface area (Å²) in [5.41, 5.74) is 0. The normalized spacial score (nSPS) is 12.2. The molecule has 0 heterocycles. The topological polar surface area (TPSA) is 30.5 Å². The van der Waals surface area contributed by atoms with Crippen LogP contribution >= 0.6 is 0 Å². The zero-order valence-corrected chi connectivity index (χ0v) is 11.0. The molecule has 0 bridgehead atoms. The van der Waals surface area contributed by atoms with Gasteiger partial charge < -0.3 is 14.8 Å². The fourth-order valence-electron chi connectivity index (χ4n) is 1.53. The molecule has 0 amide bonds. The van der Waals surface area contributed by atoms with E-state index in [-0.39, 0.29) is 0 Å². The molecular formula is C14H23NO2. The third kappa shape index (κ3) is 5.09. The second-order valence-electron chi connectivity index (χ2n) is 4.10. The molecule has 3 nitrogen and oxygen atoms in total. The van der Waals surface area contributed by atoms with Gasteiger partial charge in [-0.15, -0.1) is 0 Å². The van der Waals surface area contributed by atoms with Crippen LogP contribution in [0.3, 0.4) is 0 Å². The van der Waals surface area contributed by atoms with Gasteiger partial charge in [-0.05, 0) is 25.6 Å². The fourth-order valence-corrected chi connectivity index (χ4v) is 1.53. The lowest BCUT2D eigenvalue weighted by Gasteiger charge is -2.15. The summed E-state index contributed by atoms with van der Waals surface area (Å²) in [4.78, 5) is 0. The van der Waals surface area contributed by atoms with Crippen molar-refractivity contribution in [1.82, 2.24) is 5.32 Å².